The number of sulfonamides is 1. The summed E-state index contributed by atoms with van der Waals surface area (Å²) in [6.07, 6.45) is 2.90. The Morgan fingerprint density at radius 2 is 1.79 bits per heavy atom. The second-order valence-corrected chi connectivity index (χ2v) is 6.48. The fourth-order valence-electron chi connectivity index (χ4n) is 2.02. The summed E-state index contributed by atoms with van der Waals surface area (Å²) < 4.78 is 22.3. The van der Waals surface area contributed by atoms with Crippen LogP contribution in [0.15, 0.2) is 47.6 Å². The molecular formula is C15H15N3O5S. The molecule has 0 saturated carbocycles. The molecular weight excluding hydrogens is 334 g/mol. The van der Waals surface area contributed by atoms with Crippen LogP contribution >= 0.6 is 0 Å². The van der Waals surface area contributed by atoms with Crippen LogP contribution in [0.2, 0.25) is 0 Å². The summed E-state index contributed by atoms with van der Waals surface area (Å²) in [5.74, 6) is -1.75. The number of primary sulfonamides is 1. The van der Waals surface area contributed by atoms with Crippen LogP contribution in [0.25, 0.3) is 0 Å². The van der Waals surface area contributed by atoms with Gasteiger partial charge in [-0.2, -0.15) is 0 Å². The lowest BCUT2D eigenvalue weighted by Crippen LogP contribution is -2.27. The third-order valence-electron chi connectivity index (χ3n) is 3.25. The lowest BCUT2D eigenvalue weighted by molar-refractivity contribution is 0.0690. The molecule has 1 aromatic heterocycles. The van der Waals surface area contributed by atoms with Crippen molar-refractivity contribution in [3.05, 3.63) is 59.4 Å². The number of carbonyl (C=O) groups is 2. The van der Waals surface area contributed by atoms with E-state index in [2.05, 4.69) is 10.3 Å². The Bertz CT molecular complexity index is 863. The van der Waals surface area contributed by atoms with Crippen LogP contribution in [0.5, 0.6) is 0 Å². The Kier molecular flexibility index (Phi) is 5.27. The molecule has 0 fully saturated rings. The number of carbonyl (C=O) groups excluding carboxylic acids is 1. The largest absolute Gasteiger partial charge is 0.478 e. The SMILES string of the molecule is NS(=O)(=O)c1ccc(CCNC(=O)c2ccncc2C(=O)O)cc1. The highest BCUT2D eigenvalue weighted by atomic mass is 32.2. The highest BCUT2D eigenvalue weighted by Crippen LogP contribution is 2.10. The summed E-state index contributed by atoms with van der Waals surface area (Å²) in [7, 11) is -3.73. The maximum absolute atomic E-state index is 12.0. The number of aromatic nitrogens is 1. The number of benzene rings is 1. The summed E-state index contributed by atoms with van der Waals surface area (Å²) in [5, 5.41) is 16.7. The number of rotatable bonds is 6. The number of nitrogens with zero attached hydrogens (tertiary/aromatic N) is 1. The van der Waals surface area contributed by atoms with Crippen molar-refractivity contribution < 1.29 is 23.1 Å². The Balaban J connectivity index is 1.97. The normalized spacial score (nSPS) is 11.0. The molecule has 9 heteroatoms. The first-order valence-corrected chi connectivity index (χ1v) is 8.41. The zero-order valence-electron chi connectivity index (χ0n) is 12.5. The number of amides is 1. The molecule has 126 valence electrons. The van der Waals surface area contributed by atoms with E-state index in [4.69, 9.17) is 10.2 Å². The highest BCUT2D eigenvalue weighted by Gasteiger charge is 2.16. The van der Waals surface area contributed by atoms with Gasteiger partial charge in [0.05, 0.1) is 16.0 Å². The van der Waals surface area contributed by atoms with Gasteiger partial charge in [0.1, 0.15) is 0 Å². The molecule has 1 amide bonds. The van der Waals surface area contributed by atoms with Gasteiger partial charge >= 0.3 is 5.97 Å². The Labute approximate surface area is 138 Å². The average molecular weight is 349 g/mol. The first kappa shape index (κ1) is 17.6. The van der Waals surface area contributed by atoms with E-state index in [1.807, 2.05) is 0 Å². The van der Waals surface area contributed by atoms with Crippen LogP contribution in [0.4, 0.5) is 0 Å². The molecule has 0 atom stereocenters. The van der Waals surface area contributed by atoms with Gasteiger partial charge in [0.2, 0.25) is 10.0 Å². The van der Waals surface area contributed by atoms with Crippen molar-refractivity contribution in [1.82, 2.24) is 10.3 Å². The topological polar surface area (TPSA) is 139 Å². The minimum Gasteiger partial charge on any atom is -0.478 e. The monoisotopic (exact) mass is 349 g/mol. The van der Waals surface area contributed by atoms with Gasteiger partial charge in [-0.3, -0.25) is 9.78 Å². The Hall–Kier alpha value is -2.78. The van der Waals surface area contributed by atoms with Gasteiger partial charge in [-0.1, -0.05) is 12.1 Å². The second kappa shape index (κ2) is 7.20. The van der Waals surface area contributed by atoms with Gasteiger partial charge in [-0.25, -0.2) is 18.4 Å². The molecule has 0 aliphatic heterocycles. The molecule has 24 heavy (non-hydrogen) atoms. The Morgan fingerprint density at radius 1 is 1.12 bits per heavy atom. The summed E-state index contributed by atoms with van der Waals surface area (Å²) in [4.78, 5) is 26.8. The van der Waals surface area contributed by atoms with Crippen LogP contribution < -0.4 is 10.5 Å². The molecule has 2 rings (SSSR count). The molecule has 8 nitrogen and oxygen atoms in total. The predicted octanol–water partition coefficient (Wildman–Crippen LogP) is 0.400. The summed E-state index contributed by atoms with van der Waals surface area (Å²) in [6.45, 7) is 0.259. The van der Waals surface area contributed by atoms with Crippen molar-refractivity contribution in [1.29, 1.82) is 0 Å². The van der Waals surface area contributed by atoms with Gasteiger partial charge in [0.25, 0.3) is 5.91 Å². The number of carboxylic acids is 1. The third kappa shape index (κ3) is 4.37. The second-order valence-electron chi connectivity index (χ2n) is 4.92. The zero-order valence-corrected chi connectivity index (χ0v) is 13.3. The van der Waals surface area contributed by atoms with E-state index in [0.29, 0.717) is 6.42 Å². The predicted molar refractivity (Wildman–Crippen MR) is 85.0 cm³/mol. The van der Waals surface area contributed by atoms with Crippen LogP contribution in [-0.2, 0) is 16.4 Å². The van der Waals surface area contributed by atoms with E-state index in [1.165, 1.54) is 24.4 Å². The first-order chi connectivity index (χ1) is 11.3. The van der Waals surface area contributed by atoms with Crippen LogP contribution in [0, 0.1) is 0 Å². The van der Waals surface area contributed by atoms with E-state index in [1.54, 1.807) is 12.1 Å². The quantitative estimate of drug-likeness (QED) is 0.690. The molecule has 0 aliphatic rings. The molecule has 1 aromatic carbocycles. The fraction of sp³-hybridized carbons (Fsp3) is 0.133. The smallest absolute Gasteiger partial charge is 0.338 e. The van der Waals surface area contributed by atoms with E-state index < -0.39 is 21.9 Å². The van der Waals surface area contributed by atoms with Gasteiger partial charge < -0.3 is 10.4 Å². The van der Waals surface area contributed by atoms with E-state index in [0.717, 1.165) is 11.8 Å². The number of nitrogens with one attached hydrogen (secondary N) is 1. The average Bonchev–Trinajstić information content (AvgIpc) is 2.54. The zero-order chi connectivity index (χ0) is 17.7. The number of nitrogens with two attached hydrogens (primary N) is 1. The third-order valence-corrected chi connectivity index (χ3v) is 4.18. The fourth-order valence-corrected chi connectivity index (χ4v) is 2.54. The number of hydrogen-bond acceptors (Lipinski definition) is 5. The molecule has 0 saturated heterocycles. The van der Waals surface area contributed by atoms with E-state index >= 15 is 0 Å². The van der Waals surface area contributed by atoms with Crippen molar-refractivity contribution >= 4 is 21.9 Å². The maximum Gasteiger partial charge on any atom is 0.338 e. The van der Waals surface area contributed by atoms with Gasteiger partial charge in [-0.05, 0) is 30.2 Å². The number of pyridine rings is 1. The summed E-state index contributed by atoms with van der Waals surface area (Å²) in [6, 6.07) is 7.30. The summed E-state index contributed by atoms with van der Waals surface area (Å²) in [5.41, 5.74) is 0.658. The Morgan fingerprint density at radius 3 is 2.38 bits per heavy atom. The first-order valence-electron chi connectivity index (χ1n) is 6.86. The molecule has 0 unspecified atom stereocenters. The van der Waals surface area contributed by atoms with Crippen molar-refractivity contribution in [3.63, 3.8) is 0 Å². The van der Waals surface area contributed by atoms with Crippen molar-refractivity contribution in [2.24, 2.45) is 5.14 Å². The van der Waals surface area contributed by atoms with Crippen molar-refractivity contribution in [3.8, 4) is 0 Å². The van der Waals surface area contributed by atoms with Crippen LogP contribution in [-0.4, -0.2) is 36.9 Å². The summed E-state index contributed by atoms with van der Waals surface area (Å²) >= 11 is 0. The lowest BCUT2D eigenvalue weighted by atomic mass is 10.1. The van der Waals surface area contributed by atoms with Crippen LogP contribution in [0.3, 0.4) is 0 Å². The number of hydrogen-bond donors (Lipinski definition) is 3. The molecule has 1 heterocycles. The molecule has 0 aliphatic carbocycles. The maximum atomic E-state index is 12.0. The van der Waals surface area contributed by atoms with Gasteiger partial charge in [0, 0.05) is 18.9 Å². The van der Waals surface area contributed by atoms with Gasteiger partial charge in [-0.15, -0.1) is 0 Å². The molecule has 2 aromatic rings. The number of aromatic carboxylic acids is 1. The molecule has 0 bridgehead atoms. The van der Waals surface area contributed by atoms with E-state index in [9.17, 15) is 18.0 Å². The number of carboxylic acid groups (broad SMARTS) is 1. The van der Waals surface area contributed by atoms with Gasteiger partial charge in [0.15, 0.2) is 0 Å². The van der Waals surface area contributed by atoms with Crippen molar-refractivity contribution in [2.45, 2.75) is 11.3 Å². The minimum atomic E-state index is -3.73. The molecule has 0 radical (unpaired) electrons. The lowest BCUT2D eigenvalue weighted by Gasteiger charge is -2.08. The minimum absolute atomic E-state index is 0.0122. The molecule has 4 N–H and O–H groups in total. The van der Waals surface area contributed by atoms with Crippen LogP contribution in [0.1, 0.15) is 26.3 Å². The van der Waals surface area contributed by atoms with Crippen molar-refractivity contribution in [2.75, 3.05) is 6.54 Å². The molecule has 0 spiro atoms. The highest BCUT2D eigenvalue weighted by molar-refractivity contribution is 7.89. The standard InChI is InChI=1S/C15H15N3O5S/c16-24(22,23)11-3-1-10(2-4-11)5-8-18-14(19)12-6-7-17-9-13(12)15(20)21/h1-4,6-7,9H,5,8H2,(H,18,19)(H,20,21)(H2,16,22,23). The van der Waals surface area contributed by atoms with E-state index in [-0.39, 0.29) is 22.6 Å².